The topological polar surface area (TPSA) is 135 Å². The van der Waals surface area contributed by atoms with E-state index < -0.39 is 21.3 Å². The zero-order valence-corrected chi connectivity index (χ0v) is 14.8. The van der Waals surface area contributed by atoms with Crippen LogP contribution in [0.5, 0.6) is 0 Å². The number of sulfone groups is 1. The maximum Gasteiger partial charge on any atom is 0.266 e. The molecule has 8 nitrogen and oxygen atoms in total. The van der Waals surface area contributed by atoms with Crippen LogP contribution < -0.4 is 16.6 Å². The van der Waals surface area contributed by atoms with Gasteiger partial charge in [0.05, 0.1) is 4.90 Å². The second-order valence-corrected chi connectivity index (χ2v) is 7.82. The second-order valence-electron chi connectivity index (χ2n) is 5.04. The van der Waals surface area contributed by atoms with Gasteiger partial charge in [0, 0.05) is 11.9 Å². The molecule has 0 saturated heterocycles. The number of carbonyl (C=O) groups is 1. The average Bonchev–Trinajstić information content (AvgIpc) is 2.44. The Bertz CT molecular complexity index is 967. The van der Waals surface area contributed by atoms with E-state index in [0.29, 0.717) is 16.4 Å². The van der Waals surface area contributed by atoms with Gasteiger partial charge in [0.15, 0.2) is 20.8 Å². The van der Waals surface area contributed by atoms with Crippen LogP contribution in [0.15, 0.2) is 33.0 Å². The van der Waals surface area contributed by atoms with Crippen molar-refractivity contribution < 1.29 is 13.2 Å². The largest absolute Gasteiger partial charge is 0.365 e. The standard InChI is InChI=1S/C14H16N4O4S2/c1-7-6-8(4-5-9(7)24(3,21)22)16-12-10(11(15)19)13(20)18-14(17-12)23-2/h4-6H,1-3H3,(H2,15,19)(H2,16,17,18,20). The highest BCUT2D eigenvalue weighted by atomic mass is 32.2. The fraction of sp³-hybridized carbons (Fsp3) is 0.214. The van der Waals surface area contributed by atoms with E-state index in [2.05, 4.69) is 15.3 Å². The van der Waals surface area contributed by atoms with Crippen LogP contribution in [-0.2, 0) is 9.84 Å². The normalized spacial score (nSPS) is 11.3. The lowest BCUT2D eigenvalue weighted by Gasteiger charge is -2.11. The van der Waals surface area contributed by atoms with E-state index in [-0.39, 0.29) is 16.3 Å². The summed E-state index contributed by atoms with van der Waals surface area (Å²) in [4.78, 5) is 30.3. The fourth-order valence-corrected chi connectivity index (χ4v) is 3.48. The lowest BCUT2D eigenvalue weighted by atomic mass is 10.2. The molecule has 1 amide bonds. The summed E-state index contributed by atoms with van der Waals surface area (Å²) < 4.78 is 23.3. The molecule has 1 aromatic heterocycles. The molecule has 1 aromatic carbocycles. The molecule has 0 aliphatic rings. The monoisotopic (exact) mass is 368 g/mol. The lowest BCUT2D eigenvalue weighted by Crippen LogP contribution is -2.26. The number of aromatic nitrogens is 2. The zero-order chi connectivity index (χ0) is 18.1. The Hall–Kier alpha value is -2.33. The van der Waals surface area contributed by atoms with Crippen molar-refractivity contribution in [2.45, 2.75) is 17.0 Å². The van der Waals surface area contributed by atoms with Gasteiger partial charge >= 0.3 is 0 Å². The molecule has 0 saturated carbocycles. The molecule has 0 bridgehead atoms. The number of nitrogens with two attached hydrogens (primary N) is 1. The molecule has 4 N–H and O–H groups in total. The number of primary amides is 1. The molecule has 1 heterocycles. The van der Waals surface area contributed by atoms with Gasteiger partial charge in [0.1, 0.15) is 5.56 Å². The first-order valence-corrected chi connectivity index (χ1v) is 9.81. The highest BCUT2D eigenvalue weighted by Gasteiger charge is 2.17. The van der Waals surface area contributed by atoms with Gasteiger partial charge in [0.2, 0.25) is 0 Å². The van der Waals surface area contributed by atoms with E-state index in [1.54, 1.807) is 19.2 Å². The van der Waals surface area contributed by atoms with Crippen LogP contribution in [0.25, 0.3) is 0 Å². The fourth-order valence-electron chi connectivity index (χ4n) is 2.15. The number of hydrogen-bond donors (Lipinski definition) is 3. The number of nitrogens with one attached hydrogen (secondary N) is 2. The summed E-state index contributed by atoms with van der Waals surface area (Å²) in [6.45, 7) is 1.65. The number of anilines is 2. The van der Waals surface area contributed by atoms with Gasteiger partial charge in [-0.1, -0.05) is 11.8 Å². The molecule has 0 spiro atoms. The summed E-state index contributed by atoms with van der Waals surface area (Å²) in [5, 5.41) is 3.17. The van der Waals surface area contributed by atoms with Crippen LogP contribution in [0.2, 0.25) is 0 Å². The van der Waals surface area contributed by atoms with Crippen molar-refractivity contribution in [2.75, 3.05) is 17.8 Å². The van der Waals surface area contributed by atoms with Crippen LogP contribution in [0.4, 0.5) is 11.5 Å². The van der Waals surface area contributed by atoms with Crippen LogP contribution in [0.3, 0.4) is 0 Å². The molecule has 0 aliphatic heterocycles. The van der Waals surface area contributed by atoms with E-state index in [1.165, 1.54) is 23.9 Å². The predicted molar refractivity (Wildman–Crippen MR) is 92.7 cm³/mol. The molecular formula is C14H16N4O4S2. The highest BCUT2D eigenvalue weighted by molar-refractivity contribution is 7.98. The third-order valence-corrected chi connectivity index (χ3v) is 5.01. The minimum absolute atomic E-state index is 0.0158. The second kappa shape index (κ2) is 6.65. The van der Waals surface area contributed by atoms with E-state index in [1.807, 2.05) is 0 Å². The first-order chi connectivity index (χ1) is 11.1. The Labute approximate surface area is 142 Å². The van der Waals surface area contributed by atoms with E-state index in [0.717, 1.165) is 6.26 Å². The smallest absolute Gasteiger partial charge is 0.266 e. The number of carbonyl (C=O) groups excluding carboxylic acids is 1. The Kier molecular flexibility index (Phi) is 4.99. The van der Waals surface area contributed by atoms with E-state index >= 15 is 0 Å². The van der Waals surface area contributed by atoms with E-state index in [9.17, 15) is 18.0 Å². The van der Waals surface area contributed by atoms with Crippen molar-refractivity contribution in [3.8, 4) is 0 Å². The van der Waals surface area contributed by atoms with Crippen LogP contribution in [0, 0.1) is 6.92 Å². The van der Waals surface area contributed by atoms with Gasteiger partial charge in [-0.2, -0.15) is 0 Å². The number of aryl methyl sites for hydroxylation is 1. The average molecular weight is 368 g/mol. The van der Waals surface area contributed by atoms with Crippen molar-refractivity contribution in [1.82, 2.24) is 9.97 Å². The summed E-state index contributed by atoms with van der Waals surface area (Å²) in [6, 6.07) is 4.55. The third kappa shape index (κ3) is 3.77. The van der Waals surface area contributed by atoms with E-state index in [4.69, 9.17) is 5.73 Å². The molecular weight excluding hydrogens is 352 g/mol. The molecule has 128 valence electrons. The maximum absolute atomic E-state index is 12.0. The molecule has 2 rings (SSSR count). The maximum atomic E-state index is 12.0. The first-order valence-electron chi connectivity index (χ1n) is 6.69. The third-order valence-electron chi connectivity index (χ3n) is 3.17. The number of nitrogens with zero attached hydrogens (tertiary/aromatic N) is 1. The van der Waals surface area contributed by atoms with Gasteiger partial charge in [-0.25, -0.2) is 13.4 Å². The zero-order valence-electron chi connectivity index (χ0n) is 13.2. The van der Waals surface area contributed by atoms with Crippen molar-refractivity contribution in [1.29, 1.82) is 0 Å². The molecule has 24 heavy (non-hydrogen) atoms. The van der Waals surface area contributed by atoms with Crippen molar-refractivity contribution in [2.24, 2.45) is 5.73 Å². The number of hydrogen-bond acceptors (Lipinski definition) is 7. The number of aromatic amines is 1. The van der Waals surface area contributed by atoms with Crippen LogP contribution >= 0.6 is 11.8 Å². The summed E-state index contributed by atoms with van der Waals surface area (Å²) in [5.74, 6) is -0.898. The van der Waals surface area contributed by atoms with Gasteiger partial charge in [-0.15, -0.1) is 0 Å². The molecule has 0 radical (unpaired) electrons. The number of amides is 1. The first kappa shape index (κ1) is 18.0. The lowest BCUT2D eigenvalue weighted by molar-refractivity contribution is 0.0999. The van der Waals surface area contributed by atoms with Crippen molar-refractivity contribution in [3.05, 3.63) is 39.7 Å². The van der Waals surface area contributed by atoms with Gasteiger partial charge in [0.25, 0.3) is 11.5 Å². The Balaban J connectivity index is 2.52. The number of rotatable bonds is 5. The SMILES string of the molecule is CSc1nc(Nc2ccc(S(C)(=O)=O)c(C)c2)c(C(N)=O)c(=O)[nH]1. The summed E-state index contributed by atoms with van der Waals surface area (Å²) in [6.07, 6.45) is 2.84. The van der Waals surface area contributed by atoms with Gasteiger partial charge in [-0.3, -0.25) is 9.59 Å². The Morgan fingerprint density at radius 2 is 2.04 bits per heavy atom. The Morgan fingerprint density at radius 1 is 1.38 bits per heavy atom. The summed E-state index contributed by atoms with van der Waals surface area (Å²) >= 11 is 1.20. The summed E-state index contributed by atoms with van der Waals surface area (Å²) in [7, 11) is -3.34. The van der Waals surface area contributed by atoms with Crippen LogP contribution in [-0.4, -0.2) is 36.8 Å². The molecule has 0 aliphatic carbocycles. The quantitative estimate of drug-likeness (QED) is 0.530. The van der Waals surface area contributed by atoms with Crippen molar-refractivity contribution in [3.63, 3.8) is 0 Å². The van der Waals surface area contributed by atoms with Crippen molar-refractivity contribution >= 4 is 39.0 Å². The minimum Gasteiger partial charge on any atom is -0.365 e. The minimum atomic E-state index is -3.34. The summed E-state index contributed by atoms with van der Waals surface area (Å²) in [5.41, 5.74) is 5.31. The molecule has 10 heteroatoms. The van der Waals surface area contributed by atoms with Crippen LogP contribution in [0.1, 0.15) is 15.9 Å². The van der Waals surface area contributed by atoms with Gasteiger partial charge < -0.3 is 16.0 Å². The highest BCUT2D eigenvalue weighted by Crippen LogP contribution is 2.23. The molecule has 0 fully saturated rings. The molecule has 0 unspecified atom stereocenters. The number of thioether (sulfide) groups is 1. The van der Waals surface area contributed by atoms with Gasteiger partial charge in [-0.05, 0) is 36.9 Å². The predicted octanol–water partition coefficient (Wildman–Crippen LogP) is 1.05. The Morgan fingerprint density at radius 3 is 2.54 bits per heavy atom. The number of H-pyrrole nitrogens is 1. The molecule has 0 atom stereocenters. The molecule has 2 aromatic rings. The number of benzene rings is 1.